The first-order valence-electron chi connectivity index (χ1n) is 10.2. The van der Waals surface area contributed by atoms with Crippen LogP contribution in [-0.2, 0) is 4.79 Å². The molecule has 5 nitrogen and oxygen atoms in total. The van der Waals surface area contributed by atoms with E-state index < -0.39 is 0 Å². The standard InChI is InChI=1S/C26H25N3O2/c1-18-8-6-11-23(14-18)29-19(2)15-22(20(29)3)16-27-28-26(30)17-31-25-13-7-10-21-9-4-5-12-24(21)25/h4-16H,17H2,1-3H3,(H,28,30)/b27-16+. The van der Waals surface area contributed by atoms with Gasteiger partial charge in [-0.15, -0.1) is 0 Å². The van der Waals surface area contributed by atoms with Gasteiger partial charge in [-0.1, -0.05) is 48.5 Å². The molecule has 1 aromatic heterocycles. The molecule has 4 rings (SSSR count). The Morgan fingerprint density at radius 3 is 2.61 bits per heavy atom. The van der Waals surface area contributed by atoms with Crippen molar-refractivity contribution in [2.45, 2.75) is 20.8 Å². The van der Waals surface area contributed by atoms with Crippen LogP contribution in [0.1, 0.15) is 22.5 Å². The Kier molecular flexibility index (Phi) is 5.85. The van der Waals surface area contributed by atoms with Gasteiger partial charge in [0.1, 0.15) is 5.75 Å². The summed E-state index contributed by atoms with van der Waals surface area (Å²) in [6, 6.07) is 24.1. The molecule has 0 fully saturated rings. The molecule has 1 amide bonds. The van der Waals surface area contributed by atoms with Gasteiger partial charge >= 0.3 is 0 Å². The van der Waals surface area contributed by atoms with Gasteiger partial charge in [0.05, 0.1) is 6.21 Å². The highest BCUT2D eigenvalue weighted by Crippen LogP contribution is 2.25. The van der Waals surface area contributed by atoms with Crippen LogP contribution in [0.2, 0.25) is 0 Å². The topological polar surface area (TPSA) is 55.6 Å². The van der Waals surface area contributed by atoms with Gasteiger partial charge in [0.15, 0.2) is 6.61 Å². The maximum atomic E-state index is 12.2. The first-order valence-corrected chi connectivity index (χ1v) is 10.2. The maximum Gasteiger partial charge on any atom is 0.277 e. The quantitative estimate of drug-likeness (QED) is 0.355. The zero-order chi connectivity index (χ0) is 21.8. The van der Waals surface area contributed by atoms with Gasteiger partial charge in [-0.3, -0.25) is 4.79 Å². The van der Waals surface area contributed by atoms with E-state index in [1.807, 2.05) is 55.5 Å². The molecule has 0 saturated carbocycles. The van der Waals surface area contributed by atoms with Gasteiger partial charge in [0, 0.05) is 28.0 Å². The van der Waals surface area contributed by atoms with E-state index in [9.17, 15) is 4.79 Å². The van der Waals surface area contributed by atoms with Gasteiger partial charge in [0.2, 0.25) is 0 Å². The number of hydrazone groups is 1. The molecule has 0 atom stereocenters. The Bertz CT molecular complexity index is 1270. The molecule has 0 saturated heterocycles. The average Bonchev–Trinajstić information content (AvgIpc) is 3.05. The molecule has 0 aliphatic heterocycles. The molecule has 0 radical (unpaired) electrons. The lowest BCUT2D eigenvalue weighted by atomic mass is 10.1. The van der Waals surface area contributed by atoms with Crippen LogP contribution in [0.3, 0.4) is 0 Å². The van der Waals surface area contributed by atoms with Crippen molar-refractivity contribution < 1.29 is 9.53 Å². The van der Waals surface area contributed by atoms with Crippen LogP contribution in [0.15, 0.2) is 77.9 Å². The van der Waals surface area contributed by atoms with Crippen molar-refractivity contribution >= 4 is 22.9 Å². The summed E-state index contributed by atoms with van der Waals surface area (Å²) in [6.45, 7) is 6.08. The molecule has 3 aromatic carbocycles. The number of nitrogens with zero attached hydrogens (tertiary/aromatic N) is 2. The zero-order valence-corrected chi connectivity index (χ0v) is 17.9. The van der Waals surface area contributed by atoms with Crippen molar-refractivity contribution in [2.75, 3.05) is 6.61 Å². The minimum atomic E-state index is -0.309. The third-order valence-corrected chi connectivity index (χ3v) is 5.23. The Morgan fingerprint density at radius 1 is 1.00 bits per heavy atom. The van der Waals surface area contributed by atoms with Crippen molar-refractivity contribution in [3.8, 4) is 11.4 Å². The number of hydrogen-bond acceptors (Lipinski definition) is 3. The number of fused-ring (bicyclic) bond motifs is 1. The fraction of sp³-hybridized carbons (Fsp3) is 0.154. The summed E-state index contributed by atoms with van der Waals surface area (Å²) in [4.78, 5) is 12.2. The van der Waals surface area contributed by atoms with Crippen LogP contribution >= 0.6 is 0 Å². The Labute approximate surface area is 182 Å². The van der Waals surface area contributed by atoms with Crippen molar-refractivity contribution in [3.05, 3.63) is 95.3 Å². The van der Waals surface area contributed by atoms with E-state index in [0.717, 1.165) is 33.4 Å². The van der Waals surface area contributed by atoms with Crippen molar-refractivity contribution in [1.82, 2.24) is 9.99 Å². The molecule has 0 spiro atoms. The summed E-state index contributed by atoms with van der Waals surface area (Å²) >= 11 is 0. The smallest absolute Gasteiger partial charge is 0.277 e. The number of rotatable bonds is 6. The van der Waals surface area contributed by atoms with Gasteiger partial charge in [-0.05, 0) is 56.0 Å². The number of aromatic nitrogens is 1. The fourth-order valence-electron chi connectivity index (χ4n) is 3.75. The Hall–Kier alpha value is -3.86. The maximum absolute atomic E-state index is 12.2. The average molecular weight is 412 g/mol. The molecular weight excluding hydrogens is 386 g/mol. The molecule has 5 heteroatoms. The van der Waals surface area contributed by atoms with Crippen molar-refractivity contribution in [3.63, 3.8) is 0 Å². The predicted octanol–water partition coefficient (Wildman–Crippen LogP) is 5.08. The van der Waals surface area contributed by atoms with Crippen LogP contribution in [0.5, 0.6) is 5.75 Å². The number of hydrogen-bond donors (Lipinski definition) is 1. The lowest BCUT2D eigenvalue weighted by Crippen LogP contribution is -2.24. The van der Waals surface area contributed by atoms with E-state index in [-0.39, 0.29) is 12.5 Å². The van der Waals surface area contributed by atoms with Gasteiger partial charge in [-0.2, -0.15) is 5.10 Å². The minimum absolute atomic E-state index is 0.104. The molecule has 0 unspecified atom stereocenters. The predicted molar refractivity (Wildman–Crippen MR) is 125 cm³/mol. The molecule has 4 aromatic rings. The highest BCUT2D eigenvalue weighted by atomic mass is 16.5. The lowest BCUT2D eigenvalue weighted by molar-refractivity contribution is -0.123. The minimum Gasteiger partial charge on any atom is -0.483 e. The molecule has 0 aliphatic rings. The van der Waals surface area contributed by atoms with Crippen LogP contribution in [-0.4, -0.2) is 23.3 Å². The van der Waals surface area contributed by atoms with E-state index in [2.05, 4.69) is 53.2 Å². The van der Waals surface area contributed by atoms with Crippen LogP contribution in [0.25, 0.3) is 16.5 Å². The third-order valence-electron chi connectivity index (χ3n) is 5.23. The number of nitrogens with one attached hydrogen (secondary N) is 1. The SMILES string of the molecule is Cc1cccc(-n2c(C)cc(/C=N/NC(=O)COc3cccc4ccccc34)c2C)c1. The van der Waals surface area contributed by atoms with E-state index >= 15 is 0 Å². The van der Waals surface area contributed by atoms with Crippen LogP contribution in [0, 0.1) is 20.8 Å². The van der Waals surface area contributed by atoms with Crippen molar-refractivity contribution in [2.24, 2.45) is 5.10 Å². The summed E-state index contributed by atoms with van der Waals surface area (Å²) in [5, 5.41) is 6.17. The molecule has 31 heavy (non-hydrogen) atoms. The molecule has 0 aliphatic carbocycles. The first kappa shape index (κ1) is 20.4. The number of ether oxygens (including phenoxy) is 1. The molecule has 0 bridgehead atoms. The summed E-state index contributed by atoms with van der Waals surface area (Å²) < 4.78 is 7.89. The van der Waals surface area contributed by atoms with E-state index in [1.54, 1.807) is 6.21 Å². The van der Waals surface area contributed by atoms with E-state index in [1.165, 1.54) is 5.56 Å². The monoisotopic (exact) mass is 411 g/mol. The second-order valence-corrected chi connectivity index (χ2v) is 7.56. The van der Waals surface area contributed by atoms with Crippen molar-refractivity contribution in [1.29, 1.82) is 0 Å². The number of aryl methyl sites for hydroxylation is 2. The highest BCUT2D eigenvalue weighted by Gasteiger charge is 2.10. The first-order chi connectivity index (χ1) is 15.0. The summed E-state index contributed by atoms with van der Waals surface area (Å²) in [7, 11) is 0. The second-order valence-electron chi connectivity index (χ2n) is 7.56. The highest BCUT2D eigenvalue weighted by molar-refractivity contribution is 5.89. The number of carbonyl (C=O) groups is 1. The summed E-state index contributed by atoms with van der Waals surface area (Å²) in [5.74, 6) is 0.371. The lowest BCUT2D eigenvalue weighted by Gasteiger charge is -2.10. The third kappa shape index (κ3) is 4.51. The zero-order valence-electron chi connectivity index (χ0n) is 17.9. The largest absolute Gasteiger partial charge is 0.483 e. The molecule has 1 N–H and O–H groups in total. The number of carbonyl (C=O) groups excluding carboxylic acids is 1. The Morgan fingerprint density at radius 2 is 1.77 bits per heavy atom. The fourth-order valence-corrected chi connectivity index (χ4v) is 3.75. The van der Waals surface area contributed by atoms with E-state index in [4.69, 9.17) is 4.74 Å². The second kappa shape index (κ2) is 8.88. The van der Waals surface area contributed by atoms with Gasteiger partial charge in [-0.25, -0.2) is 5.43 Å². The molecule has 1 heterocycles. The van der Waals surface area contributed by atoms with Crippen LogP contribution in [0.4, 0.5) is 0 Å². The van der Waals surface area contributed by atoms with Gasteiger partial charge < -0.3 is 9.30 Å². The Balaban J connectivity index is 1.41. The normalized spacial score (nSPS) is 11.2. The summed E-state index contributed by atoms with van der Waals surface area (Å²) in [6.07, 6.45) is 1.67. The summed E-state index contributed by atoms with van der Waals surface area (Å²) in [5.41, 5.74) is 7.99. The number of benzene rings is 3. The molecular formula is C26H25N3O2. The molecule has 156 valence electrons. The van der Waals surface area contributed by atoms with Crippen LogP contribution < -0.4 is 10.2 Å². The van der Waals surface area contributed by atoms with Gasteiger partial charge in [0.25, 0.3) is 5.91 Å². The number of amides is 1. The van der Waals surface area contributed by atoms with E-state index in [0.29, 0.717) is 5.75 Å².